The Morgan fingerprint density at radius 2 is 1.97 bits per heavy atom. The fourth-order valence-corrected chi connectivity index (χ4v) is 4.76. The lowest BCUT2D eigenvalue weighted by molar-refractivity contribution is -0.122. The standard InChI is InChI=1S/C21H22F2N4O3S2/c1-31-11-8-18(26-32(29,30)20-5-3-2-4-16(20)22)21(28)25-13-15-6-7-19(17(23)12-15)27-10-9-24-14-27/h2-7,9-10,12,14,18,26H,8,11,13H2,1H3,(H,25,28). The topological polar surface area (TPSA) is 93.1 Å². The molecule has 0 saturated heterocycles. The molecule has 2 aromatic carbocycles. The van der Waals surface area contributed by atoms with Gasteiger partial charge in [-0.15, -0.1) is 0 Å². The lowest BCUT2D eigenvalue weighted by Crippen LogP contribution is -2.46. The Labute approximate surface area is 189 Å². The first-order valence-electron chi connectivity index (χ1n) is 9.62. The summed E-state index contributed by atoms with van der Waals surface area (Å²) in [7, 11) is -4.25. The van der Waals surface area contributed by atoms with E-state index in [9.17, 15) is 22.0 Å². The maximum Gasteiger partial charge on any atom is 0.244 e. The minimum atomic E-state index is -4.25. The van der Waals surface area contributed by atoms with Crippen molar-refractivity contribution in [2.75, 3.05) is 12.0 Å². The van der Waals surface area contributed by atoms with Crippen molar-refractivity contribution in [2.45, 2.75) is 23.9 Å². The second-order valence-corrected chi connectivity index (χ2v) is 9.53. The SMILES string of the molecule is CSCCC(NS(=O)(=O)c1ccccc1F)C(=O)NCc1ccc(-n2ccnc2)c(F)c1. The van der Waals surface area contributed by atoms with Gasteiger partial charge in [0, 0.05) is 18.9 Å². The molecule has 11 heteroatoms. The third-order valence-corrected chi connectivity index (χ3v) is 6.76. The normalized spacial score (nSPS) is 12.5. The molecule has 0 aliphatic heterocycles. The van der Waals surface area contributed by atoms with E-state index >= 15 is 0 Å². The molecule has 1 amide bonds. The molecule has 7 nitrogen and oxygen atoms in total. The lowest BCUT2D eigenvalue weighted by Gasteiger charge is -2.18. The van der Waals surface area contributed by atoms with Gasteiger partial charge in [0.2, 0.25) is 15.9 Å². The second-order valence-electron chi connectivity index (χ2n) is 6.86. The number of carbonyl (C=O) groups excluding carboxylic acids is 1. The zero-order valence-corrected chi connectivity index (χ0v) is 18.8. The smallest absolute Gasteiger partial charge is 0.244 e. The average molecular weight is 481 g/mol. The van der Waals surface area contributed by atoms with Crippen LogP contribution in [0.4, 0.5) is 8.78 Å². The number of nitrogens with one attached hydrogen (secondary N) is 2. The molecule has 32 heavy (non-hydrogen) atoms. The number of aromatic nitrogens is 2. The molecule has 3 aromatic rings. The van der Waals surface area contributed by atoms with Crippen LogP contribution >= 0.6 is 11.8 Å². The maximum absolute atomic E-state index is 14.4. The number of benzene rings is 2. The summed E-state index contributed by atoms with van der Waals surface area (Å²) >= 11 is 1.44. The minimum absolute atomic E-state index is 0.00282. The van der Waals surface area contributed by atoms with Crippen LogP contribution in [-0.2, 0) is 21.4 Å². The molecule has 0 radical (unpaired) electrons. The summed E-state index contributed by atoms with van der Waals surface area (Å²) in [6.45, 7) is -0.00282. The van der Waals surface area contributed by atoms with Crippen molar-refractivity contribution >= 4 is 27.7 Å². The van der Waals surface area contributed by atoms with Crippen molar-refractivity contribution in [1.82, 2.24) is 19.6 Å². The highest BCUT2D eigenvalue weighted by Gasteiger charge is 2.27. The molecule has 170 valence electrons. The number of halogens is 2. The predicted molar refractivity (Wildman–Crippen MR) is 119 cm³/mol. The summed E-state index contributed by atoms with van der Waals surface area (Å²) in [5.41, 5.74) is 0.813. The van der Waals surface area contributed by atoms with Crippen molar-refractivity contribution < 1.29 is 22.0 Å². The first-order chi connectivity index (χ1) is 15.3. The second kappa shape index (κ2) is 10.7. The number of imidazole rings is 1. The van der Waals surface area contributed by atoms with Crippen LogP contribution in [0, 0.1) is 11.6 Å². The van der Waals surface area contributed by atoms with E-state index < -0.39 is 38.5 Å². The van der Waals surface area contributed by atoms with Gasteiger partial charge in [-0.2, -0.15) is 16.5 Å². The average Bonchev–Trinajstić information content (AvgIpc) is 3.29. The number of thioether (sulfide) groups is 1. The Hall–Kier alpha value is -2.76. The van der Waals surface area contributed by atoms with Gasteiger partial charge in [0.05, 0.1) is 12.0 Å². The molecule has 0 aliphatic rings. The Bertz CT molecular complexity index is 1170. The third kappa shape index (κ3) is 5.93. The Balaban J connectivity index is 1.70. The Kier molecular flexibility index (Phi) is 7.99. The van der Waals surface area contributed by atoms with E-state index in [1.54, 1.807) is 18.3 Å². The van der Waals surface area contributed by atoms with Crippen LogP contribution in [0.2, 0.25) is 0 Å². The molecule has 0 spiro atoms. The number of nitrogens with zero attached hydrogens (tertiary/aromatic N) is 2. The number of sulfonamides is 1. The summed E-state index contributed by atoms with van der Waals surface area (Å²) in [6.07, 6.45) is 6.64. The van der Waals surface area contributed by atoms with Gasteiger partial charge < -0.3 is 9.88 Å². The van der Waals surface area contributed by atoms with E-state index in [1.165, 1.54) is 47.1 Å². The highest BCUT2D eigenvalue weighted by Crippen LogP contribution is 2.16. The molecule has 0 aliphatic carbocycles. The minimum Gasteiger partial charge on any atom is -0.351 e. The van der Waals surface area contributed by atoms with Gasteiger partial charge in [0.15, 0.2) is 0 Å². The molecule has 0 saturated carbocycles. The zero-order valence-electron chi connectivity index (χ0n) is 17.2. The summed E-state index contributed by atoms with van der Waals surface area (Å²) in [4.78, 5) is 16.1. The predicted octanol–water partition coefficient (Wildman–Crippen LogP) is 2.87. The van der Waals surface area contributed by atoms with Gasteiger partial charge in [-0.1, -0.05) is 18.2 Å². The molecule has 1 aromatic heterocycles. The molecule has 3 rings (SSSR count). The molecule has 1 heterocycles. The van der Waals surface area contributed by atoms with Gasteiger partial charge in [-0.05, 0) is 48.3 Å². The molecule has 1 unspecified atom stereocenters. The van der Waals surface area contributed by atoms with Crippen LogP contribution in [0.25, 0.3) is 5.69 Å². The van der Waals surface area contributed by atoms with Crippen LogP contribution in [0.3, 0.4) is 0 Å². The van der Waals surface area contributed by atoms with E-state index in [0.29, 0.717) is 17.0 Å². The first kappa shape index (κ1) is 23.9. The zero-order chi connectivity index (χ0) is 23.1. The number of rotatable bonds is 10. The quantitative estimate of drug-likeness (QED) is 0.466. The summed E-state index contributed by atoms with van der Waals surface area (Å²) in [5.74, 6) is -1.48. The molecular formula is C21H22F2N4O3S2. The van der Waals surface area contributed by atoms with Gasteiger partial charge >= 0.3 is 0 Å². The van der Waals surface area contributed by atoms with Crippen molar-refractivity contribution in [1.29, 1.82) is 0 Å². The molecular weight excluding hydrogens is 458 g/mol. The summed E-state index contributed by atoms with van der Waals surface area (Å²) in [5, 5.41) is 2.62. The van der Waals surface area contributed by atoms with Crippen LogP contribution in [0.1, 0.15) is 12.0 Å². The van der Waals surface area contributed by atoms with Crippen LogP contribution in [0.15, 0.2) is 66.1 Å². The third-order valence-electron chi connectivity index (χ3n) is 4.61. The number of amides is 1. The fraction of sp³-hybridized carbons (Fsp3) is 0.238. The summed E-state index contributed by atoms with van der Waals surface area (Å²) in [6, 6.07) is 8.33. The van der Waals surface area contributed by atoms with Crippen molar-refractivity contribution in [3.63, 3.8) is 0 Å². The molecule has 1 atom stereocenters. The van der Waals surface area contributed by atoms with Crippen LogP contribution < -0.4 is 10.0 Å². The number of hydrogen-bond acceptors (Lipinski definition) is 5. The largest absolute Gasteiger partial charge is 0.351 e. The molecule has 0 bridgehead atoms. The van der Waals surface area contributed by atoms with Crippen LogP contribution in [0.5, 0.6) is 0 Å². The van der Waals surface area contributed by atoms with E-state index in [0.717, 1.165) is 12.1 Å². The molecule has 2 N–H and O–H groups in total. The van der Waals surface area contributed by atoms with E-state index in [1.807, 2.05) is 6.26 Å². The van der Waals surface area contributed by atoms with E-state index in [4.69, 9.17) is 0 Å². The Morgan fingerprint density at radius 3 is 2.62 bits per heavy atom. The maximum atomic E-state index is 14.4. The lowest BCUT2D eigenvalue weighted by atomic mass is 10.1. The van der Waals surface area contributed by atoms with Gasteiger partial charge in [-0.25, -0.2) is 22.2 Å². The van der Waals surface area contributed by atoms with Crippen molar-refractivity contribution in [2.24, 2.45) is 0 Å². The monoisotopic (exact) mass is 480 g/mol. The number of hydrogen-bond donors (Lipinski definition) is 2. The number of carbonyl (C=O) groups is 1. The van der Waals surface area contributed by atoms with Gasteiger partial charge in [-0.3, -0.25) is 4.79 Å². The van der Waals surface area contributed by atoms with Crippen molar-refractivity contribution in [3.05, 3.63) is 78.4 Å². The summed E-state index contributed by atoms with van der Waals surface area (Å²) < 4.78 is 57.4. The van der Waals surface area contributed by atoms with Gasteiger partial charge in [0.25, 0.3) is 0 Å². The fourth-order valence-electron chi connectivity index (χ4n) is 2.98. The van der Waals surface area contributed by atoms with E-state index in [2.05, 4.69) is 15.0 Å². The highest BCUT2D eigenvalue weighted by atomic mass is 32.2. The van der Waals surface area contributed by atoms with Crippen molar-refractivity contribution in [3.8, 4) is 5.69 Å². The van der Waals surface area contributed by atoms with E-state index in [-0.39, 0.29) is 13.0 Å². The highest BCUT2D eigenvalue weighted by molar-refractivity contribution is 7.98. The van der Waals surface area contributed by atoms with Gasteiger partial charge in [0.1, 0.15) is 22.6 Å². The Morgan fingerprint density at radius 1 is 1.19 bits per heavy atom. The first-order valence-corrected chi connectivity index (χ1v) is 12.5. The molecule has 0 fully saturated rings. The van der Waals surface area contributed by atoms with Crippen LogP contribution in [-0.4, -0.2) is 41.9 Å².